The smallest absolute Gasteiger partial charge is 0.0817 e. The summed E-state index contributed by atoms with van der Waals surface area (Å²) in [5.74, 6) is 0. The van der Waals surface area contributed by atoms with Crippen molar-refractivity contribution in [3.63, 3.8) is 0 Å². The predicted octanol–water partition coefficient (Wildman–Crippen LogP) is 4.84. The molecule has 0 saturated heterocycles. The van der Waals surface area contributed by atoms with Crippen LogP contribution >= 0.6 is 34.5 Å². The van der Waals surface area contributed by atoms with Crippen molar-refractivity contribution < 1.29 is 0 Å². The average Bonchev–Trinajstić information content (AvgIpc) is 2.96. The summed E-state index contributed by atoms with van der Waals surface area (Å²) in [6.07, 6.45) is 0.873. The van der Waals surface area contributed by atoms with Crippen molar-refractivity contribution in [1.82, 2.24) is 5.01 Å². The van der Waals surface area contributed by atoms with Crippen LogP contribution in [0.5, 0.6) is 0 Å². The fourth-order valence-corrected chi connectivity index (χ4v) is 3.56. The molecule has 1 unspecified atom stereocenters. The molecule has 1 aliphatic heterocycles. The van der Waals surface area contributed by atoms with Crippen molar-refractivity contribution in [1.29, 1.82) is 0 Å². The lowest BCUT2D eigenvalue weighted by Crippen LogP contribution is -2.13. The van der Waals surface area contributed by atoms with Crippen LogP contribution in [-0.4, -0.2) is 17.8 Å². The summed E-state index contributed by atoms with van der Waals surface area (Å²) in [7, 11) is 1.99. The van der Waals surface area contributed by atoms with E-state index < -0.39 is 0 Å². The second-order valence-electron chi connectivity index (χ2n) is 4.49. The molecular weight excluding hydrogens is 299 g/mol. The highest BCUT2D eigenvalue weighted by atomic mass is 35.5. The van der Waals surface area contributed by atoms with Gasteiger partial charge < -0.3 is 0 Å². The molecule has 2 aromatic rings. The van der Waals surface area contributed by atoms with Gasteiger partial charge >= 0.3 is 0 Å². The average molecular weight is 311 g/mol. The van der Waals surface area contributed by atoms with E-state index in [-0.39, 0.29) is 6.04 Å². The van der Waals surface area contributed by atoms with Crippen LogP contribution in [0.1, 0.15) is 22.9 Å². The highest BCUT2D eigenvalue weighted by Crippen LogP contribution is 2.35. The van der Waals surface area contributed by atoms with Crippen molar-refractivity contribution in [2.75, 3.05) is 7.05 Å². The molecule has 2 heterocycles. The minimum atomic E-state index is 0.255. The van der Waals surface area contributed by atoms with Crippen LogP contribution in [0.15, 0.2) is 40.8 Å². The van der Waals surface area contributed by atoms with Gasteiger partial charge in [0.15, 0.2) is 0 Å². The van der Waals surface area contributed by atoms with E-state index in [0.29, 0.717) is 0 Å². The molecule has 1 aromatic heterocycles. The Labute approximate surface area is 126 Å². The Hall–Kier alpha value is -1.03. The molecule has 0 radical (unpaired) electrons. The number of thiophene rings is 1. The van der Waals surface area contributed by atoms with Crippen molar-refractivity contribution >= 4 is 40.3 Å². The van der Waals surface area contributed by atoms with Gasteiger partial charge in [0.1, 0.15) is 0 Å². The van der Waals surface area contributed by atoms with Gasteiger partial charge in [-0.25, -0.2) is 0 Å². The number of hydrazone groups is 1. The topological polar surface area (TPSA) is 15.6 Å². The van der Waals surface area contributed by atoms with Crippen LogP contribution in [-0.2, 0) is 0 Å². The fourth-order valence-electron chi connectivity index (χ4n) is 2.27. The quantitative estimate of drug-likeness (QED) is 0.775. The van der Waals surface area contributed by atoms with Crippen molar-refractivity contribution in [2.24, 2.45) is 5.10 Å². The lowest BCUT2D eigenvalue weighted by molar-refractivity contribution is 0.290. The van der Waals surface area contributed by atoms with Gasteiger partial charge in [-0.1, -0.05) is 35.3 Å². The van der Waals surface area contributed by atoms with Gasteiger partial charge in [-0.3, -0.25) is 5.01 Å². The molecule has 3 rings (SSSR count). The minimum Gasteiger partial charge on any atom is -0.292 e. The highest BCUT2D eigenvalue weighted by Gasteiger charge is 2.27. The van der Waals surface area contributed by atoms with Crippen LogP contribution in [0.3, 0.4) is 0 Å². The van der Waals surface area contributed by atoms with E-state index in [9.17, 15) is 0 Å². The van der Waals surface area contributed by atoms with Crippen LogP contribution in [0, 0.1) is 0 Å². The second-order valence-corrected chi connectivity index (χ2v) is 6.25. The summed E-state index contributed by atoms with van der Waals surface area (Å²) < 4.78 is 0. The Morgan fingerprint density at radius 3 is 2.58 bits per heavy atom. The van der Waals surface area contributed by atoms with E-state index in [2.05, 4.69) is 17.2 Å². The van der Waals surface area contributed by atoms with Crippen molar-refractivity contribution in [2.45, 2.75) is 12.5 Å². The Bertz CT molecular complexity index is 619. The summed E-state index contributed by atoms with van der Waals surface area (Å²) >= 11 is 13.7. The lowest BCUT2D eigenvalue weighted by Gasteiger charge is -2.18. The number of rotatable bonds is 2. The molecule has 19 heavy (non-hydrogen) atoms. The summed E-state index contributed by atoms with van der Waals surface area (Å²) in [6.45, 7) is 0. The van der Waals surface area contributed by atoms with E-state index in [1.165, 1.54) is 5.56 Å². The summed E-state index contributed by atoms with van der Waals surface area (Å²) in [4.78, 5) is 1.07. The molecule has 0 spiro atoms. The van der Waals surface area contributed by atoms with Crippen LogP contribution < -0.4 is 0 Å². The maximum Gasteiger partial charge on any atom is 0.0817 e. The van der Waals surface area contributed by atoms with Crippen molar-refractivity contribution in [3.8, 4) is 0 Å². The molecule has 1 aliphatic rings. The van der Waals surface area contributed by atoms with E-state index >= 15 is 0 Å². The molecule has 98 valence electrons. The van der Waals surface area contributed by atoms with Crippen LogP contribution in [0.2, 0.25) is 10.0 Å². The molecular formula is C14H12Cl2N2S. The Balaban J connectivity index is 1.86. The third-order valence-corrected chi connectivity index (χ3v) is 4.89. The third-order valence-electron chi connectivity index (χ3n) is 3.25. The summed E-state index contributed by atoms with van der Waals surface area (Å²) in [6, 6.07) is 10.1. The van der Waals surface area contributed by atoms with Gasteiger partial charge in [-0.15, -0.1) is 11.3 Å². The summed E-state index contributed by atoms with van der Waals surface area (Å²) in [5.41, 5.74) is 2.28. The number of benzene rings is 1. The van der Waals surface area contributed by atoms with E-state index in [1.807, 2.05) is 35.6 Å². The zero-order valence-electron chi connectivity index (χ0n) is 10.3. The van der Waals surface area contributed by atoms with Gasteiger partial charge in [0.05, 0.1) is 21.7 Å². The normalized spacial score (nSPS) is 18.8. The third kappa shape index (κ3) is 2.50. The SMILES string of the molecule is CN1N=C(c2sccc2Cl)CC1c1ccc(Cl)cc1. The van der Waals surface area contributed by atoms with Gasteiger partial charge in [-0.05, 0) is 29.1 Å². The Morgan fingerprint density at radius 1 is 1.21 bits per heavy atom. The number of hydrogen-bond donors (Lipinski definition) is 0. The maximum absolute atomic E-state index is 6.18. The summed E-state index contributed by atoms with van der Waals surface area (Å²) in [5, 5.41) is 10.1. The van der Waals surface area contributed by atoms with E-state index in [0.717, 1.165) is 27.1 Å². The maximum atomic E-state index is 6.18. The Morgan fingerprint density at radius 2 is 1.95 bits per heavy atom. The first-order valence-electron chi connectivity index (χ1n) is 5.94. The van der Waals surface area contributed by atoms with Gasteiger partial charge in [-0.2, -0.15) is 5.10 Å². The Kier molecular flexibility index (Phi) is 3.52. The number of nitrogens with zero attached hydrogens (tertiary/aromatic N) is 2. The largest absolute Gasteiger partial charge is 0.292 e. The first-order valence-corrected chi connectivity index (χ1v) is 7.58. The molecule has 0 bridgehead atoms. The van der Waals surface area contributed by atoms with Crippen LogP contribution in [0.4, 0.5) is 0 Å². The molecule has 0 saturated carbocycles. The first-order chi connectivity index (χ1) is 9.15. The molecule has 0 amide bonds. The molecule has 5 heteroatoms. The lowest BCUT2D eigenvalue weighted by atomic mass is 10.0. The molecule has 0 N–H and O–H groups in total. The van der Waals surface area contributed by atoms with Gasteiger partial charge in [0, 0.05) is 18.5 Å². The zero-order chi connectivity index (χ0) is 13.4. The predicted molar refractivity (Wildman–Crippen MR) is 82.4 cm³/mol. The second kappa shape index (κ2) is 5.16. The molecule has 0 aliphatic carbocycles. The number of hydrogen-bond acceptors (Lipinski definition) is 3. The van der Waals surface area contributed by atoms with E-state index in [4.69, 9.17) is 23.2 Å². The first kappa shape index (κ1) is 13.0. The highest BCUT2D eigenvalue weighted by molar-refractivity contribution is 7.12. The zero-order valence-corrected chi connectivity index (χ0v) is 12.6. The number of halogens is 2. The minimum absolute atomic E-state index is 0.255. The monoisotopic (exact) mass is 310 g/mol. The molecule has 1 aromatic carbocycles. The molecule has 0 fully saturated rings. The standard InChI is InChI=1S/C14H12Cl2N2S/c1-18-13(9-2-4-10(15)5-3-9)8-12(17-18)14-11(16)6-7-19-14/h2-7,13H,8H2,1H3. The fraction of sp³-hybridized carbons (Fsp3) is 0.214. The molecule has 1 atom stereocenters. The van der Waals surface area contributed by atoms with Gasteiger partial charge in [0.2, 0.25) is 0 Å². The van der Waals surface area contributed by atoms with Crippen LogP contribution in [0.25, 0.3) is 0 Å². The van der Waals surface area contributed by atoms with Gasteiger partial charge in [0.25, 0.3) is 0 Å². The molecule has 2 nitrogen and oxygen atoms in total. The van der Waals surface area contributed by atoms with E-state index in [1.54, 1.807) is 11.3 Å². The van der Waals surface area contributed by atoms with Crippen molar-refractivity contribution in [3.05, 3.63) is 56.2 Å².